The first kappa shape index (κ1) is 22.1. The number of nitrogens with one attached hydrogen (secondary N) is 2. The molecule has 6 heteroatoms. The van der Waals surface area contributed by atoms with Crippen molar-refractivity contribution < 1.29 is 14.4 Å². The molecular formula is C26H31N3O3. The number of likely N-dealkylation sites (tertiary alicyclic amines) is 1. The van der Waals surface area contributed by atoms with Crippen LogP contribution in [-0.4, -0.2) is 35.2 Å². The predicted octanol–water partition coefficient (Wildman–Crippen LogP) is 4.86. The van der Waals surface area contributed by atoms with E-state index in [1.807, 2.05) is 17.9 Å². The second-order valence-electron chi connectivity index (χ2n) is 9.21. The summed E-state index contributed by atoms with van der Waals surface area (Å²) in [5, 5.41) is 5.82. The number of rotatable bonds is 5. The number of hydrogen-bond donors (Lipinski definition) is 2. The van der Waals surface area contributed by atoms with Crippen LogP contribution in [0.2, 0.25) is 0 Å². The number of carbonyl (C=O) groups is 3. The Balaban J connectivity index is 1.38. The fraction of sp³-hybridized carbons (Fsp3) is 0.423. The van der Waals surface area contributed by atoms with E-state index in [4.69, 9.17) is 0 Å². The fourth-order valence-corrected chi connectivity index (χ4v) is 4.32. The van der Waals surface area contributed by atoms with E-state index in [0.717, 1.165) is 31.4 Å². The number of amides is 3. The van der Waals surface area contributed by atoms with Crippen molar-refractivity contribution in [2.45, 2.75) is 52.5 Å². The first-order valence-corrected chi connectivity index (χ1v) is 11.5. The number of hydrogen-bond acceptors (Lipinski definition) is 3. The van der Waals surface area contributed by atoms with Gasteiger partial charge in [0.05, 0.1) is 0 Å². The monoisotopic (exact) mass is 433 g/mol. The van der Waals surface area contributed by atoms with Crippen molar-refractivity contribution in [3.63, 3.8) is 0 Å². The average Bonchev–Trinajstić information content (AvgIpc) is 3.52. The van der Waals surface area contributed by atoms with Gasteiger partial charge in [-0.15, -0.1) is 0 Å². The van der Waals surface area contributed by atoms with Gasteiger partial charge in [0.25, 0.3) is 11.8 Å². The van der Waals surface area contributed by atoms with Crippen LogP contribution in [0.3, 0.4) is 0 Å². The second kappa shape index (κ2) is 9.15. The standard InChI is InChI=1S/C26H31N3O3/c1-16-15-22(16)25(31)27-21-10-7-19(8-11-21)24(30)28-23-12-9-20(14-17(23)2)26(32)29-13-5-4-6-18(29)3/h7-12,14,16,18,22H,4-6,13,15H2,1-3H3,(H,27,31)(H,28,30). The maximum Gasteiger partial charge on any atom is 0.255 e. The molecule has 6 nitrogen and oxygen atoms in total. The van der Waals surface area contributed by atoms with Crippen molar-refractivity contribution in [1.29, 1.82) is 0 Å². The fourth-order valence-electron chi connectivity index (χ4n) is 4.32. The van der Waals surface area contributed by atoms with Gasteiger partial charge in [-0.2, -0.15) is 0 Å². The summed E-state index contributed by atoms with van der Waals surface area (Å²) in [6, 6.07) is 12.6. The molecule has 2 aliphatic rings. The van der Waals surface area contributed by atoms with Gasteiger partial charge in [0.1, 0.15) is 0 Å². The molecule has 168 valence electrons. The zero-order valence-corrected chi connectivity index (χ0v) is 19.0. The molecule has 1 aliphatic heterocycles. The molecule has 1 heterocycles. The molecule has 2 aromatic carbocycles. The van der Waals surface area contributed by atoms with Crippen LogP contribution in [-0.2, 0) is 4.79 Å². The average molecular weight is 434 g/mol. The molecule has 32 heavy (non-hydrogen) atoms. The Morgan fingerprint density at radius 2 is 1.62 bits per heavy atom. The SMILES string of the molecule is Cc1cc(C(=O)N2CCCCC2C)ccc1NC(=O)c1ccc(NC(=O)C2CC2C)cc1. The lowest BCUT2D eigenvalue weighted by Gasteiger charge is -2.33. The van der Waals surface area contributed by atoms with Crippen molar-refractivity contribution >= 4 is 29.1 Å². The highest BCUT2D eigenvalue weighted by atomic mass is 16.2. The van der Waals surface area contributed by atoms with Crippen LogP contribution in [0.25, 0.3) is 0 Å². The van der Waals surface area contributed by atoms with Crippen LogP contribution in [0.4, 0.5) is 11.4 Å². The summed E-state index contributed by atoms with van der Waals surface area (Å²) >= 11 is 0. The molecular weight excluding hydrogens is 402 g/mol. The topological polar surface area (TPSA) is 78.5 Å². The summed E-state index contributed by atoms with van der Waals surface area (Å²) in [4.78, 5) is 39.6. The molecule has 0 spiro atoms. The minimum atomic E-state index is -0.231. The maximum atomic E-state index is 12.9. The summed E-state index contributed by atoms with van der Waals surface area (Å²) in [5.41, 5.74) is 3.37. The van der Waals surface area contributed by atoms with Gasteiger partial charge in [-0.05, 0) is 93.5 Å². The van der Waals surface area contributed by atoms with Gasteiger partial charge in [0.15, 0.2) is 0 Å². The number of nitrogens with zero attached hydrogens (tertiary/aromatic N) is 1. The molecule has 2 N–H and O–H groups in total. The lowest BCUT2D eigenvalue weighted by molar-refractivity contribution is -0.117. The molecule has 2 fully saturated rings. The third-order valence-corrected chi connectivity index (χ3v) is 6.65. The highest BCUT2D eigenvalue weighted by Gasteiger charge is 2.39. The van der Waals surface area contributed by atoms with Crippen LogP contribution in [0.15, 0.2) is 42.5 Å². The largest absolute Gasteiger partial charge is 0.336 e. The lowest BCUT2D eigenvalue weighted by Crippen LogP contribution is -2.42. The van der Waals surface area contributed by atoms with Gasteiger partial charge >= 0.3 is 0 Å². The summed E-state index contributed by atoms with van der Waals surface area (Å²) < 4.78 is 0. The minimum Gasteiger partial charge on any atom is -0.336 e. The third-order valence-electron chi connectivity index (χ3n) is 6.65. The normalized spacial score (nSPS) is 22.2. The Bertz CT molecular complexity index is 1030. The van der Waals surface area contributed by atoms with E-state index in [2.05, 4.69) is 24.5 Å². The minimum absolute atomic E-state index is 0.0407. The highest BCUT2D eigenvalue weighted by molar-refractivity contribution is 6.05. The van der Waals surface area contributed by atoms with E-state index < -0.39 is 0 Å². The van der Waals surface area contributed by atoms with Crippen LogP contribution >= 0.6 is 0 Å². The molecule has 0 radical (unpaired) electrons. The van der Waals surface area contributed by atoms with E-state index in [-0.39, 0.29) is 29.7 Å². The summed E-state index contributed by atoms with van der Waals surface area (Å²) in [5.74, 6) is 0.419. The predicted molar refractivity (Wildman–Crippen MR) is 126 cm³/mol. The molecule has 0 aromatic heterocycles. The number of piperidine rings is 1. The summed E-state index contributed by atoms with van der Waals surface area (Å²) in [7, 11) is 0. The smallest absolute Gasteiger partial charge is 0.255 e. The van der Waals surface area contributed by atoms with E-state index in [1.165, 1.54) is 6.42 Å². The second-order valence-corrected chi connectivity index (χ2v) is 9.21. The first-order chi connectivity index (χ1) is 15.3. The van der Waals surface area contributed by atoms with Gasteiger partial charge in [-0.1, -0.05) is 6.92 Å². The molecule has 1 saturated heterocycles. The Kier molecular flexibility index (Phi) is 6.31. The molecule has 3 amide bonds. The van der Waals surface area contributed by atoms with Crippen LogP contribution in [0.1, 0.15) is 65.8 Å². The molecule has 0 bridgehead atoms. The van der Waals surface area contributed by atoms with Gasteiger partial charge in [-0.3, -0.25) is 14.4 Å². The van der Waals surface area contributed by atoms with Crippen LogP contribution in [0.5, 0.6) is 0 Å². The molecule has 2 aromatic rings. The van der Waals surface area contributed by atoms with E-state index in [1.54, 1.807) is 36.4 Å². The Hall–Kier alpha value is -3.15. The maximum absolute atomic E-state index is 12.9. The van der Waals surface area contributed by atoms with Crippen molar-refractivity contribution in [3.8, 4) is 0 Å². The quantitative estimate of drug-likeness (QED) is 0.707. The molecule has 4 rings (SSSR count). The van der Waals surface area contributed by atoms with Gasteiger partial charge in [0, 0.05) is 41.0 Å². The lowest BCUT2D eigenvalue weighted by atomic mass is 10.0. The van der Waals surface area contributed by atoms with Crippen molar-refractivity contribution in [2.24, 2.45) is 11.8 Å². The third kappa shape index (κ3) is 4.85. The Morgan fingerprint density at radius 1 is 0.938 bits per heavy atom. The van der Waals surface area contributed by atoms with Crippen molar-refractivity contribution in [2.75, 3.05) is 17.2 Å². The first-order valence-electron chi connectivity index (χ1n) is 11.5. The molecule has 1 saturated carbocycles. The number of carbonyl (C=O) groups excluding carboxylic acids is 3. The van der Waals surface area contributed by atoms with E-state index >= 15 is 0 Å². The Morgan fingerprint density at radius 3 is 2.25 bits per heavy atom. The number of anilines is 2. The Labute approximate surface area is 189 Å². The van der Waals surface area contributed by atoms with Crippen molar-refractivity contribution in [1.82, 2.24) is 4.90 Å². The van der Waals surface area contributed by atoms with Gasteiger partial charge in [-0.25, -0.2) is 0 Å². The number of aryl methyl sites for hydroxylation is 1. The van der Waals surface area contributed by atoms with Crippen LogP contribution < -0.4 is 10.6 Å². The van der Waals surface area contributed by atoms with Crippen molar-refractivity contribution in [3.05, 3.63) is 59.2 Å². The number of benzene rings is 2. The molecule has 3 atom stereocenters. The van der Waals surface area contributed by atoms with Gasteiger partial charge < -0.3 is 15.5 Å². The summed E-state index contributed by atoms with van der Waals surface area (Å²) in [6.45, 7) is 6.86. The van der Waals surface area contributed by atoms with Crippen LogP contribution in [0, 0.1) is 18.8 Å². The molecule has 3 unspecified atom stereocenters. The highest BCUT2D eigenvalue weighted by Crippen LogP contribution is 2.38. The van der Waals surface area contributed by atoms with E-state index in [0.29, 0.717) is 28.4 Å². The molecule has 1 aliphatic carbocycles. The zero-order valence-electron chi connectivity index (χ0n) is 19.0. The zero-order chi connectivity index (χ0) is 22.8. The summed E-state index contributed by atoms with van der Waals surface area (Å²) in [6.07, 6.45) is 4.20. The van der Waals surface area contributed by atoms with E-state index in [9.17, 15) is 14.4 Å². The van der Waals surface area contributed by atoms with Gasteiger partial charge in [0.2, 0.25) is 5.91 Å².